The second kappa shape index (κ2) is 27.8. The Morgan fingerprint density at radius 3 is 1.12 bits per heavy atom. The van der Waals surface area contributed by atoms with E-state index >= 15 is 0 Å². The molecule has 8 N–H and O–H groups in total. The molecule has 12 aromatic heterocycles. The Labute approximate surface area is 525 Å². The Hall–Kier alpha value is -11.1. The first-order valence-electron chi connectivity index (χ1n) is 29.0. The Balaban J connectivity index is 0.000000112. The summed E-state index contributed by atoms with van der Waals surface area (Å²) in [6.07, 6.45) is 16.2. The predicted octanol–water partition coefficient (Wildman–Crippen LogP) is 3.80. The van der Waals surface area contributed by atoms with Crippen LogP contribution in [-0.4, -0.2) is 205 Å². The smallest absolute Gasteiger partial charge is 0.224 e. The fourth-order valence-electron chi connectivity index (χ4n) is 10.1. The van der Waals surface area contributed by atoms with E-state index in [4.69, 9.17) is 51.9 Å². The van der Waals surface area contributed by atoms with Crippen molar-refractivity contribution in [1.82, 2.24) is 99.7 Å². The van der Waals surface area contributed by atoms with Gasteiger partial charge in [-0.05, 0) is 35.7 Å². The molecule has 0 bridgehead atoms. The maximum atomic E-state index is 13.9. The fraction of sp³-hybridized carbons (Fsp3) is 0.276. The van der Waals surface area contributed by atoms with Crippen molar-refractivity contribution in [3.8, 4) is 45.0 Å². The van der Waals surface area contributed by atoms with E-state index in [1.165, 1.54) is 18.7 Å². The van der Waals surface area contributed by atoms with Gasteiger partial charge in [-0.1, -0.05) is 0 Å². The average Bonchev–Trinajstić information content (AvgIpc) is 1.69. The molecule has 0 amide bonds. The molecule has 466 valence electrons. The summed E-state index contributed by atoms with van der Waals surface area (Å²) in [4.78, 5) is 94.2. The lowest BCUT2D eigenvalue weighted by Crippen LogP contribution is -2.37. The van der Waals surface area contributed by atoms with Crippen LogP contribution in [0.2, 0.25) is 0 Å². The number of nitrogens with zero attached hydrogens (tertiary/aromatic N) is 24. The van der Waals surface area contributed by atoms with Gasteiger partial charge in [0.1, 0.15) is 6.33 Å². The SMILES string of the molecule is Nc1nc(N2CCOCC2)c2nc(-c3cccnc3)cnc2n1.Nc1nc(N2CCOCC2)c2nc(-c3cccnc3F)cnc2n1.Nc1nc(N2CCOCC2)c2nc(-c3ccsc3)cnc2n1.Nc1nc(N2CCOCC2)c2nc(-c3cncnc3)cnc2n1. The number of anilines is 8. The summed E-state index contributed by atoms with van der Waals surface area (Å²) in [5.74, 6) is 2.82. The van der Waals surface area contributed by atoms with E-state index in [0.29, 0.717) is 139 Å². The van der Waals surface area contributed by atoms with Gasteiger partial charge in [0.05, 0.1) is 106 Å². The molecule has 0 aromatic carbocycles. The van der Waals surface area contributed by atoms with Crippen molar-refractivity contribution in [2.45, 2.75) is 0 Å². The van der Waals surface area contributed by atoms with Gasteiger partial charge in [0.25, 0.3) is 0 Å². The van der Waals surface area contributed by atoms with Crippen molar-refractivity contribution < 1.29 is 23.3 Å². The topological polar surface area (TPSA) is 412 Å². The van der Waals surface area contributed by atoms with Gasteiger partial charge < -0.3 is 61.5 Å². The molecule has 4 aliphatic rings. The van der Waals surface area contributed by atoms with Crippen molar-refractivity contribution in [2.24, 2.45) is 0 Å². The third-order valence-corrected chi connectivity index (χ3v) is 15.2. The van der Waals surface area contributed by atoms with Crippen molar-refractivity contribution in [3.05, 3.63) is 109 Å². The zero-order chi connectivity index (χ0) is 62.8. The Kier molecular flexibility index (Phi) is 18.1. The molecule has 16 rings (SSSR count). The minimum absolute atomic E-state index is 0.124. The normalized spacial score (nSPS) is 15.1. The fourth-order valence-corrected chi connectivity index (χ4v) is 10.8. The summed E-state index contributed by atoms with van der Waals surface area (Å²) in [5, 5.41) is 4.06. The summed E-state index contributed by atoms with van der Waals surface area (Å²) < 4.78 is 35.5. The zero-order valence-corrected chi connectivity index (χ0v) is 49.9. The largest absolute Gasteiger partial charge is 0.378 e. The third-order valence-electron chi connectivity index (χ3n) is 14.5. The van der Waals surface area contributed by atoms with Crippen LogP contribution in [-0.2, 0) is 18.9 Å². The number of aromatic nitrogens is 20. The maximum absolute atomic E-state index is 13.9. The molecular formula is C58H57FN28O4S. The number of nitrogen functional groups attached to an aromatic ring is 4. The second-order valence-corrected chi connectivity index (χ2v) is 21.2. The van der Waals surface area contributed by atoms with E-state index in [9.17, 15) is 4.39 Å². The standard InChI is InChI=1S/C15H14FN7O.C15H15N7O.C14H14N8O.C14H14N6OS/c16-12-9(2-1-3-18-12)10-8-19-13-11(20-10)14(22-15(17)21-13)23-4-6-24-7-5-23;16-15-20-13-12(14(21-15)22-4-6-23-7-5-22)19-11(9-18-13)10-2-1-3-17-8-10;15-14-20-12-11(13(21-14)22-1-3-23-4-2-22)19-10(7-18-12)9-5-16-8-17-6-9;15-14-18-12-11(13(19-14)20-2-4-21-5-3-20)17-10(7-16-12)9-1-6-22-8-9/h1-3,8H,4-7H2,(H2,17,19,21,22);1-3,8-9H,4-7H2,(H2,16,18,20,21);5-8H,1-4H2,(H2,15,18,20,21);1,6-8H,2-5H2,(H2,15,16,18,19). The molecule has 0 unspecified atom stereocenters. The number of morpholine rings is 4. The summed E-state index contributed by atoms with van der Waals surface area (Å²) in [6.45, 7) is 10.9. The molecule has 4 fully saturated rings. The van der Waals surface area contributed by atoms with Gasteiger partial charge in [-0.3, -0.25) is 4.98 Å². The Morgan fingerprint density at radius 1 is 0.370 bits per heavy atom. The first-order valence-corrected chi connectivity index (χ1v) is 29.9. The molecule has 16 heterocycles. The van der Waals surface area contributed by atoms with E-state index < -0.39 is 5.95 Å². The molecule has 92 heavy (non-hydrogen) atoms. The van der Waals surface area contributed by atoms with Crippen molar-refractivity contribution in [3.63, 3.8) is 0 Å². The molecule has 32 nitrogen and oxygen atoms in total. The van der Waals surface area contributed by atoms with E-state index in [1.807, 2.05) is 33.9 Å². The van der Waals surface area contributed by atoms with Crippen molar-refractivity contribution in [2.75, 3.05) is 148 Å². The molecule has 34 heteroatoms. The van der Waals surface area contributed by atoms with Gasteiger partial charge in [-0.2, -0.15) is 55.6 Å². The van der Waals surface area contributed by atoms with Crippen LogP contribution in [0.5, 0.6) is 0 Å². The van der Waals surface area contributed by atoms with Crippen LogP contribution in [0.25, 0.3) is 89.7 Å². The number of fused-ring (bicyclic) bond motifs is 4. The van der Waals surface area contributed by atoms with Gasteiger partial charge in [0.15, 0.2) is 67.9 Å². The van der Waals surface area contributed by atoms with Crippen LogP contribution in [0.1, 0.15) is 0 Å². The molecule has 4 saturated heterocycles. The first kappa shape index (κ1) is 59.9. The highest BCUT2D eigenvalue weighted by molar-refractivity contribution is 7.08. The minimum Gasteiger partial charge on any atom is -0.378 e. The van der Waals surface area contributed by atoms with Gasteiger partial charge >= 0.3 is 0 Å². The van der Waals surface area contributed by atoms with Gasteiger partial charge in [0, 0.05) is 105 Å². The Morgan fingerprint density at radius 2 is 0.739 bits per heavy atom. The number of pyridine rings is 2. The lowest BCUT2D eigenvalue weighted by molar-refractivity contribution is 0.122. The highest BCUT2D eigenvalue weighted by Gasteiger charge is 2.24. The zero-order valence-electron chi connectivity index (χ0n) is 49.1. The van der Waals surface area contributed by atoms with E-state index in [0.717, 1.165) is 73.2 Å². The molecule has 0 aliphatic carbocycles. The van der Waals surface area contributed by atoms with Crippen LogP contribution in [0.15, 0.2) is 103 Å². The first-order chi connectivity index (χ1) is 45.1. The number of halogens is 1. The van der Waals surface area contributed by atoms with Gasteiger partial charge in [-0.15, -0.1) is 0 Å². The quantitative estimate of drug-likeness (QED) is 0.157. The van der Waals surface area contributed by atoms with E-state index in [2.05, 4.69) is 104 Å². The monoisotopic (exact) mass is 1260 g/mol. The lowest BCUT2D eigenvalue weighted by Gasteiger charge is -2.28. The number of hydrogen-bond donors (Lipinski definition) is 4. The van der Waals surface area contributed by atoms with Crippen LogP contribution in [0.4, 0.5) is 51.5 Å². The summed E-state index contributed by atoms with van der Waals surface area (Å²) >= 11 is 1.63. The molecule has 4 aliphatic heterocycles. The molecule has 0 spiro atoms. The number of hydrogen-bond acceptors (Lipinski definition) is 33. The molecule has 0 radical (unpaired) electrons. The second-order valence-electron chi connectivity index (χ2n) is 20.5. The molecule has 12 aromatic rings. The van der Waals surface area contributed by atoms with Crippen molar-refractivity contribution in [1.29, 1.82) is 0 Å². The van der Waals surface area contributed by atoms with Gasteiger partial charge in [0.2, 0.25) is 29.7 Å². The molecule has 0 saturated carbocycles. The summed E-state index contributed by atoms with van der Waals surface area (Å²) in [7, 11) is 0. The van der Waals surface area contributed by atoms with Crippen LogP contribution < -0.4 is 42.5 Å². The molecular weight excluding hydrogens is 1200 g/mol. The van der Waals surface area contributed by atoms with Crippen LogP contribution >= 0.6 is 11.3 Å². The summed E-state index contributed by atoms with van der Waals surface area (Å²) in [6, 6.07) is 9.07. The summed E-state index contributed by atoms with van der Waals surface area (Å²) in [5.41, 5.74) is 33.1. The highest BCUT2D eigenvalue weighted by atomic mass is 32.1. The van der Waals surface area contributed by atoms with Crippen molar-refractivity contribution >= 4 is 103 Å². The number of nitrogens with two attached hydrogens (primary N) is 4. The number of rotatable bonds is 8. The third kappa shape index (κ3) is 13.7. The number of thiophene rings is 1. The minimum atomic E-state index is -0.601. The van der Waals surface area contributed by atoms with Crippen LogP contribution in [0.3, 0.4) is 0 Å². The predicted molar refractivity (Wildman–Crippen MR) is 341 cm³/mol. The number of ether oxygens (including phenoxy) is 4. The Bertz CT molecular complexity index is 4370. The van der Waals surface area contributed by atoms with Gasteiger partial charge in [-0.25, -0.2) is 54.8 Å². The maximum Gasteiger partial charge on any atom is 0.224 e. The highest BCUT2D eigenvalue weighted by Crippen LogP contribution is 2.31. The molecule has 0 atom stereocenters. The van der Waals surface area contributed by atoms with E-state index in [-0.39, 0.29) is 29.4 Å². The average molecular weight is 1260 g/mol. The lowest BCUT2D eigenvalue weighted by atomic mass is 10.2. The van der Waals surface area contributed by atoms with Crippen LogP contribution in [0, 0.1) is 5.95 Å². The van der Waals surface area contributed by atoms with E-state index in [1.54, 1.807) is 66.8 Å².